The summed E-state index contributed by atoms with van der Waals surface area (Å²) in [5.74, 6) is 2.98. The number of aromatic nitrogens is 2. The molecule has 0 radical (unpaired) electrons. The maximum atomic E-state index is 13.0. The van der Waals surface area contributed by atoms with Gasteiger partial charge in [-0.25, -0.2) is 26.8 Å². The van der Waals surface area contributed by atoms with Crippen LogP contribution in [0.15, 0.2) is 105 Å². The van der Waals surface area contributed by atoms with Crippen LogP contribution >= 0.6 is 54.5 Å². The summed E-state index contributed by atoms with van der Waals surface area (Å²) < 4.78 is 76.6. The molecule has 0 N–H and O–H groups in total. The van der Waals surface area contributed by atoms with Crippen LogP contribution in [0.4, 0.5) is 10.3 Å². The standard InChI is InChI=1S/2C23H26BrN3O4S2/c1-30-20-5-8-22(31-2)18(14-20)13-19-16-32-23(25-19)26-9-11-27(12-10-26)33(28,29)21-6-3-17(15-24)4-7-21;1-30-21-8-5-18(14-22(21)31-2)13-19-16-32-23(25-19)26-9-11-27(12-10-26)33(28,29)20-6-3-17(15-24)4-7-20/h2*3-8,14,16H,9-13,15H2,1-2H3. The summed E-state index contributed by atoms with van der Waals surface area (Å²) in [4.78, 5) is 14.6. The summed E-state index contributed by atoms with van der Waals surface area (Å²) in [6.45, 7) is 4.18. The number of alkyl halides is 2. The van der Waals surface area contributed by atoms with Crippen molar-refractivity contribution in [2.45, 2.75) is 33.3 Å². The largest absolute Gasteiger partial charge is 0.497 e. The van der Waals surface area contributed by atoms with Gasteiger partial charge in [0.15, 0.2) is 21.8 Å². The molecule has 8 rings (SSSR count). The molecule has 66 heavy (non-hydrogen) atoms. The van der Waals surface area contributed by atoms with E-state index in [2.05, 4.69) is 47.0 Å². The number of piperazine rings is 2. The van der Waals surface area contributed by atoms with Crippen LogP contribution in [0.5, 0.6) is 23.0 Å². The van der Waals surface area contributed by atoms with Gasteiger partial charge in [-0.2, -0.15) is 8.61 Å². The third-order valence-electron chi connectivity index (χ3n) is 11.2. The van der Waals surface area contributed by atoms with E-state index in [1.807, 2.05) is 66.0 Å². The first-order chi connectivity index (χ1) is 31.9. The first kappa shape index (κ1) is 49.6. The average molecular weight is 1110 g/mol. The van der Waals surface area contributed by atoms with Crippen molar-refractivity contribution >= 4 is 84.8 Å². The number of hydrogen-bond acceptors (Lipinski definition) is 14. The second-order valence-electron chi connectivity index (χ2n) is 15.3. The van der Waals surface area contributed by atoms with Gasteiger partial charge in [0, 0.05) is 92.2 Å². The summed E-state index contributed by atoms with van der Waals surface area (Å²) in [6, 6.07) is 25.7. The van der Waals surface area contributed by atoms with Crippen molar-refractivity contribution in [1.82, 2.24) is 18.6 Å². The second kappa shape index (κ2) is 22.7. The number of nitrogens with zero attached hydrogens (tertiary/aromatic N) is 6. The predicted molar refractivity (Wildman–Crippen MR) is 269 cm³/mol. The fourth-order valence-electron chi connectivity index (χ4n) is 7.50. The number of ether oxygens (including phenoxy) is 4. The number of halogens is 2. The molecule has 0 saturated carbocycles. The molecular formula is C46H52Br2N6O8S4. The molecule has 20 heteroatoms. The smallest absolute Gasteiger partial charge is 0.243 e. The third-order valence-corrected chi connectivity index (χ3v) is 18.2. The van der Waals surface area contributed by atoms with E-state index in [0.29, 0.717) is 97.1 Å². The van der Waals surface area contributed by atoms with Gasteiger partial charge >= 0.3 is 0 Å². The molecule has 352 valence electrons. The number of hydrogen-bond donors (Lipinski definition) is 0. The molecule has 0 amide bonds. The number of thiazole rings is 2. The van der Waals surface area contributed by atoms with Gasteiger partial charge in [-0.3, -0.25) is 0 Å². The molecule has 2 fully saturated rings. The zero-order valence-electron chi connectivity index (χ0n) is 37.1. The fraction of sp³-hybridized carbons (Fsp3) is 0.348. The third kappa shape index (κ3) is 11.9. The van der Waals surface area contributed by atoms with Gasteiger partial charge in [-0.05, 0) is 71.3 Å². The summed E-state index contributed by atoms with van der Waals surface area (Å²) in [6.07, 6.45) is 1.32. The highest BCUT2D eigenvalue weighted by molar-refractivity contribution is 9.08. The van der Waals surface area contributed by atoms with Gasteiger partial charge in [0.2, 0.25) is 20.0 Å². The van der Waals surface area contributed by atoms with Crippen molar-refractivity contribution in [3.8, 4) is 23.0 Å². The molecule has 6 aromatic rings. The van der Waals surface area contributed by atoms with Crippen LogP contribution in [-0.2, 0) is 43.5 Å². The SMILES string of the molecule is COc1ccc(Cc2csc(N3CCN(S(=O)(=O)c4ccc(CBr)cc4)CC3)n2)cc1OC.COc1ccc(OC)c(Cc2csc(N3CCN(S(=O)(=O)c4ccc(CBr)cc4)CC3)n2)c1. The van der Waals surface area contributed by atoms with Crippen molar-refractivity contribution in [2.75, 3.05) is 90.6 Å². The summed E-state index contributed by atoms with van der Waals surface area (Å²) in [5.41, 5.74) is 6.12. The molecule has 2 aliphatic heterocycles. The van der Waals surface area contributed by atoms with E-state index in [-0.39, 0.29) is 0 Å². The first-order valence-electron chi connectivity index (χ1n) is 21.0. The molecule has 4 heterocycles. The Bertz CT molecular complexity index is 2760. The maximum absolute atomic E-state index is 13.0. The number of methoxy groups -OCH3 is 4. The highest BCUT2D eigenvalue weighted by Crippen LogP contribution is 2.32. The molecule has 0 atom stereocenters. The Labute approximate surface area is 412 Å². The van der Waals surface area contributed by atoms with Gasteiger partial charge in [-0.15, -0.1) is 22.7 Å². The van der Waals surface area contributed by atoms with Crippen LogP contribution in [0.2, 0.25) is 0 Å². The van der Waals surface area contributed by atoms with Crippen LogP contribution in [0, 0.1) is 0 Å². The monoisotopic (exact) mass is 1100 g/mol. The number of benzene rings is 4. The van der Waals surface area contributed by atoms with E-state index < -0.39 is 20.0 Å². The molecule has 0 spiro atoms. The van der Waals surface area contributed by atoms with Crippen LogP contribution in [-0.4, -0.2) is 116 Å². The van der Waals surface area contributed by atoms with E-state index in [9.17, 15) is 16.8 Å². The normalized spacial score (nSPS) is 14.9. The Morgan fingerprint density at radius 3 is 1.39 bits per heavy atom. The number of rotatable bonds is 16. The van der Waals surface area contributed by atoms with E-state index in [4.69, 9.17) is 28.9 Å². The van der Waals surface area contributed by atoms with E-state index in [0.717, 1.165) is 55.4 Å². The molecule has 0 aliphatic carbocycles. The van der Waals surface area contributed by atoms with E-state index in [1.54, 1.807) is 84.0 Å². The Morgan fingerprint density at radius 1 is 0.515 bits per heavy atom. The van der Waals surface area contributed by atoms with Crippen molar-refractivity contribution in [3.05, 3.63) is 129 Å². The second-order valence-corrected chi connectivity index (χ2v) is 22.0. The molecule has 0 bridgehead atoms. The van der Waals surface area contributed by atoms with E-state index >= 15 is 0 Å². The van der Waals surface area contributed by atoms with Crippen molar-refractivity contribution in [2.24, 2.45) is 0 Å². The maximum Gasteiger partial charge on any atom is 0.243 e. The highest BCUT2D eigenvalue weighted by Gasteiger charge is 2.31. The number of anilines is 2. The van der Waals surface area contributed by atoms with E-state index in [1.165, 1.54) is 0 Å². The Morgan fingerprint density at radius 2 is 0.955 bits per heavy atom. The molecular weight excluding hydrogens is 1050 g/mol. The van der Waals surface area contributed by atoms with Gasteiger partial charge in [-0.1, -0.05) is 62.2 Å². The summed E-state index contributed by atoms with van der Waals surface area (Å²) in [5, 5.41) is 7.33. The Kier molecular flexibility index (Phi) is 17.0. The lowest BCUT2D eigenvalue weighted by molar-refractivity contribution is 0.354. The van der Waals surface area contributed by atoms with Crippen molar-refractivity contribution in [3.63, 3.8) is 0 Å². The lowest BCUT2D eigenvalue weighted by atomic mass is 10.1. The summed E-state index contributed by atoms with van der Waals surface area (Å²) >= 11 is 9.95. The van der Waals surface area contributed by atoms with Crippen LogP contribution in [0.3, 0.4) is 0 Å². The minimum absolute atomic E-state index is 0.337. The highest BCUT2D eigenvalue weighted by atomic mass is 79.9. The quantitative estimate of drug-likeness (QED) is 0.0861. The minimum Gasteiger partial charge on any atom is -0.497 e. The van der Waals surface area contributed by atoms with Crippen LogP contribution < -0.4 is 28.7 Å². The Balaban J connectivity index is 0.000000196. The average Bonchev–Trinajstić information content (AvgIpc) is 4.04. The van der Waals surface area contributed by atoms with Crippen LogP contribution in [0.25, 0.3) is 0 Å². The molecule has 4 aromatic carbocycles. The minimum atomic E-state index is -3.49. The van der Waals surface area contributed by atoms with Crippen LogP contribution in [0.1, 0.15) is 33.6 Å². The topological polar surface area (TPSA) is 144 Å². The summed E-state index contributed by atoms with van der Waals surface area (Å²) in [7, 11) is -0.438. The molecule has 14 nitrogen and oxygen atoms in total. The van der Waals surface area contributed by atoms with Gasteiger partial charge < -0.3 is 28.7 Å². The molecule has 0 unspecified atom stereocenters. The lowest BCUT2D eigenvalue weighted by Crippen LogP contribution is -2.48. The number of sulfonamides is 2. The Hall–Kier alpha value is -4.28. The van der Waals surface area contributed by atoms with Gasteiger partial charge in [0.1, 0.15) is 11.5 Å². The molecule has 2 aliphatic rings. The zero-order chi connectivity index (χ0) is 46.8. The van der Waals surface area contributed by atoms with Crippen molar-refractivity contribution < 1.29 is 35.8 Å². The predicted octanol–water partition coefficient (Wildman–Crippen LogP) is 8.31. The lowest BCUT2D eigenvalue weighted by Gasteiger charge is -2.33. The van der Waals surface area contributed by atoms with Crippen molar-refractivity contribution in [1.29, 1.82) is 0 Å². The fourth-order valence-corrected chi connectivity index (χ4v) is 12.8. The molecule has 2 saturated heterocycles. The first-order valence-corrected chi connectivity index (χ1v) is 27.9. The molecule has 2 aromatic heterocycles. The van der Waals surface area contributed by atoms with Gasteiger partial charge in [0.05, 0.1) is 49.6 Å². The zero-order valence-corrected chi connectivity index (χ0v) is 43.5. The van der Waals surface area contributed by atoms with Gasteiger partial charge in [0.25, 0.3) is 0 Å².